The Morgan fingerprint density at radius 2 is 1.97 bits per heavy atom. The van der Waals surface area contributed by atoms with Crippen molar-refractivity contribution in [3.05, 3.63) is 53.6 Å². The van der Waals surface area contributed by atoms with Gasteiger partial charge in [0.15, 0.2) is 0 Å². The van der Waals surface area contributed by atoms with E-state index in [0.717, 1.165) is 39.8 Å². The quantitative estimate of drug-likeness (QED) is 0.514. The normalized spacial score (nSPS) is 14.7. The molecule has 1 aliphatic rings. The fourth-order valence-electron chi connectivity index (χ4n) is 4.46. The van der Waals surface area contributed by atoms with Crippen molar-refractivity contribution in [1.29, 1.82) is 0 Å². The number of rotatable bonds is 4. The number of aromatic amines is 1. The average molecular weight is 387 g/mol. The van der Waals surface area contributed by atoms with Crippen LogP contribution in [0.3, 0.4) is 0 Å². The smallest absolute Gasteiger partial charge is 0.137 e. The summed E-state index contributed by atoms with van der Waals surface area (Å²) in [4.78, 5) is 9.52. The fraction of sp³-hybridized carbons (Fsp3) is 0.348. The first-order valence-electron chi connectivity index (χ1n) is 10.3. The molecule has 0 atom stereocenters. The third kappa shape index (κ3) is 3.18. The molecule has 0 spiro atoms. The zero-order chi connectivity index (χ0) is 20.0. The minimum atomic E-state index is 0.543. The molecule has 2 N–H and O–H groups in total. The van der Waals surface area contributed by atoms with Crippen molar-refractivity contribution >= 4 is 11.5 Å². The summed E-state index contributed by atoms with van der Waals surface area (Å²) in [5.41, 5.74) is 8.45. The molecule has 0 aliphatic heterocycles. The monoisotopic (exact) mass is 386 g/mol. The van der Waals surface area contributed by atoms with E-state index in [2.05, 4.69) is 69.2 Å². The predicted octanol–water partition coefficient (Wildman–Crippen LogP) is 5.07. The summed E-state index contributed by atoms with van der Waals surface area (Å²) in [5.74, 6) is 0.943. The molecule has 4 aromatic rings. The predicted molar refractivity (Wildman–Crippen MR) is 116 cm³/mol. The first kappa shape index (κ1) is 17.9. The number of pyridine rings is 2. The Morgan fingerprint density at radius 3 is 2.72 bits per heavy atom. The van der Waals surface area contributed by atoms with E-state index in [1.165, 1.54) is 36.8 Å². The number of aromatic nitrogens is 5. The summed E-state index contributed by atoms with van der Waals surface area (Å²) in [6.07, 6.45) is 9.15. The largest absolute Gasteiger partial charge is 0.367 e. The summed E-state index contributed by atoms with van der Waals surface area (Å²) in [7, 11) is 0. The van der Waals surface area contributed by atoms with Gasteiger partial charge in [0.1, 0.15) is 11.5 Å². The number of imidazole rings is 1. The molecule has 148 valence electrons. The lowest BCUT2D eigenvalue weighted by molar-refractivity contribution is 0.751. The third-order valence-electron chi connectivity index (χ3n) is 5.97. The second-order valence-corrected chi connectivity index (χ2v) is 8.08. The number of H-pyrrole nitrogens is 1. The standard InChI is InChI=1S/C23H26N6/c1-14-11-22-24-12-20(29(22)13-18(14)23-15(2)27-28-16(23)3)19-9-6-10-21(26-19)25-17-7-4-5-8-17/h6,9-13,17H,4-5,7-8H2,1-3H3,(H,25,26)(H,27,28). The number of aryl methyl sites for hydroxylation is 3. The molecule has 0 aromatic carbocycles. The Hall–Kier alpha value is -3.15. The van der Waals surface area contributed by atoms with Gasteiger partial charge in [0, 0.05) is 29.1 Å². The van der Waals surface area contributed by atoms with Crippen molar-refractivity contribution in [3.8, 4) is 22.5 Å². The number of nitrogens with zero attached hydrogens (tertiary/aromatic N) is 4. The molecule has 29 heavy (non-hydrogen) atoms. The van der Waals surface area contributed by atoms with Gasteiger partial charge in [-0.05, 0) is 57.4 Å². The molecule has 0 radical (unpaired) electrons. The van der Waals surface area contributed by atoms with E-state index in [4.69, 9.17) is 4.98 Å². The van der Waals surface area contributed by atoms with Crippen LogP contribution in [0.4, 0.5) is 5.82 Å². The van der Waals surface area contributed by atoms with Crippen LogP contribution in [0.2, 0.25) is 0 Å². The molecular weight excluding hydrogens is 360 g/mol. The summed E-state index contributed by atoms with van der Waals surface area (Å²) in [5, 5.41) is 11.1. The minimum Gasteiger partial charge on any atom is -0.367 e. The lowest BCUT2D eigenvalue weighted by Gasteiger charge is -2.13. The Kier molecular flexibility index (Phi) is 4.34. The van der Waals surface area contributed by atoms with Crippen LogP contribution in [-0.4, -0.2) is 30.6 Å². The molecule has 4 heterocycles. The Balaban J connectivity index is 1.58. The highest BCUT2D eigenvalue weighted by atomic mass is 15.1. The number of anilines is 1. The van der Waals surface area contributed by atoms with Crippen LogP contribution in [-0.2, 0) is 0 Å². The fourth-order valence-corrected chi connectivity index (χ4v) is 4.46. The van der Waals surface area contributed by atoms with E-state index in [-0.39, 0.29) is 0 Å². The Bertz CT molecular complexity index is 1160. The molecule has 1 aliphatic carbocycles. The van der Waals surface area contributed by atoms with Gasteiger partial charge in [-0.1, -0.05) is 18.9 Å². The Labute approximate surface area is 170 Å². The van der Waals surface area contributed by atoms with Gasteiger partial charge in [-0.15, -0.1) is 0 Å². The molecule has 0 unspecified atom stereocenters. The van der Waals surface area contributed by atoms with E-state index in [0.29, 0.717) is 6.04 Å². The number of hydrogen-bond acceptors (Lipinski definition) is 4. The van der Waals surface area contributed by atoms with Crippen molar-refractivity contribution in [2.45, 2.75) is 52.5 Å². The highest BCUT2D eigenvalue weighted by molar-refractivity contribution is 5.74. The van der Waals surface area contributed by atoms with Crippen molar-refractivity contribution in [3.63, 3.8) is 0 Å². The van der Waals surface area contributed by atoms with Gasteiger partial charge in [0.2, 0.25) is 0 Å². The second kappa shape index (κ2) is 7.03. The first-order valence-corrected chi connectivity index (χ1v) is 10.3. The van der Waals surface area contributed by atoms with E-state index in [9.17, 15) is 0 Å². The lowest BCUT2D eigenvalue weighted by Crippen LogP contribution is -2.15. The maximum Gasteiger partial charge on any atom is 0.137 e. The number of fused-ring (bicyclic) bond motifs is 1. The average Bonchev–Trinajstić information content (AvgIpc) is 3.43. The van der Waals surface area contributed by atoms with Gasteiger partial charge < -0.3 is 5.32 Å². The van der Waals surface area contributed by atoms with E-state index >= 15 is 0 Å². The van der Waals surface area contributed by atoms with Crippen LogP contribution in [0.15, 0.2) is 36.7 Å². The van der Waals surface area contributed by atoms with Crippen LogP contribution in [0.5, 0.6) is 0 Å². The molecule has 5 rings (SSSR count). The van der Waals surface area contributed by atoms with Crippen molar-refractivity contribution in [2.75, 3.05) is 5.32 Å². The summed E-state index contributed by atoms with van der Waals surface area (Å²) >= 11 is 0. The maximum absolute atomic E-state index is 4.89. The summed E-state index contributed by atoms with van der Waals surface area (Å²) in [6.45, 7) is 6.23. The van der Waals surface area contributed by atoms with Crippen LogP contribution in [0, 0.1) is 20.8 Å². The minimum absolute atomic E-state index is 0.543. The molecule has 1 saturated carbocycles. The van der Waals surface area contributed by atoms with Crippen LogP contribution in [0.1, 0.15) is 42.6 Å². The molecule has 6 nitrogen and oxygen atoms in total. The molecule has 1 fully saturated rings. The van der Waals surface area contributed by atoms with Crippen LogP contribution < -0.4 is 5.32 Å². The molecular formula is C23H26N6. The third-order valence-corrected chi connectivity index (χ3v) is 5.97. The van der Waals surface area contributed by atoms with Crippen LogP contribution in [0.25, 0.3) is 28.2 Å². The van der Waals surface area contributed by atoms with E-state index in [1.54, 1.807) is 0 Å². The number of hydrogen-bond donors (Lipinski definition) is 2. The van der Waals surface area contributed by atoms with Gasteiger partial charge in [-0.3, -0.25) is 9.50 Å². The molecule has 0 amide bonds. The van der Waals surface area contributed by atoms with Crippen molar-refractivity contribution < 1.29 is 0 Å². The molecule has 0 saturated heterocycles. The summed E-state index contributed by atoms with van der Waals surface area (Å²) in [6, 6.07) is 8.85. The molecule has 4 aromatic heterocycles. The van der Waals surface area contributed by atoms with Gasteiger partial charge in [0.05, 0.1) is 23.3 Å². The van der Waals surface area contributed by atoms with Gasteiger partial charge in [-0.2, -0.15) is 5.10 Å². The molecule has 6 heteroatoms. The zero-order valence-electron chi connectivity index (χ0n) is 17.2. The lowest BCUT2D eigenvalue weighted by atomic mass is 10.0. The zero-order valence-corrected chi connectivity index (χ0v) is 17.2. The highest BCUT2D eigenvalue weighted by Crippen LogP contribution is 2.31. The van der Waals surface area contributed by atoms with Crippen molar-refractivity contribution in [1.82, 2.24) is 24.6 Å². The number of nitrogens with one attached hydrogen (secondary N) is 2. The van der Waals surface area contributed by atoms with Gasteiger partial charge in [-0.25, -0.2) is 9.97 Å². The van der Waals surface area contributed by atoms with Crippen LogP contribution >= 0.6 is 0 Å². The first-order chi connectivity index (χ1) is 14.1. The topological polar surface area (TPSA) is 70.9 Å². The van der Waals surface area contributed by atoms with Crippen molar-refractivity contribution in [2.24, 2.45) is 0 Å². The Morgan fingerprint density at radius 1 is 1.14 bits per heavy atom. The summed E-state index contributed by atoms with van der Waals surface area (Å²) < 4.78 is 2.13. The van der Waals surface area contributed by atoms with E-state index < -0.39 is 0 Å². The van der Waals surface area contributed by atoms with E-state index in [1.807, 2.05) is 13.1 Å². The highest BCUT2D eigenvalue weighted by Gasteiger charge is 2.17. The maximum atomic E-state index is 4.89. The molecule has 0 bridgehead atoms. The van der Waals surface area contributed by atoms with Gasteiger partial charge in [0.25, 0.3) is 0 Å². The van der Waals surface area contributed by atoms with Gasteiger partial charge >= 0.3 is 0 Å². The SMILES string of the molecule is Cc1cc2ncc(-c3cccc(NC4CCCC4)n3)n2cc1-c1c(C)n[nH]c1C. The second-order valence-electron chi connectivity index (χ2n) is 8.08.